The summed E-state index contributed by atoms with van der Waals surface area (Å²) in [4.78, 5) is 40.7. The number of benzene rings is 2. The maximum Gasteiger partial charge on any atom is 0.332 e. The normalized spacial score (nSPS) is 17.0. The van der Waals surface area contributed by atoms with Crippen molar-refractivity contribution in [2.45, 2.75) is 32.9 Å². The smallest absolute Gasteiger partial charge is 0.332 e. The number of nitrogens with one attached hydrogen (secondary N) is 1. The molecule has 2 aromatic rings. The molecular weight excluding hydrogens is 398 g/mol. The van der Waals surface area contributed by atoms with Crippen LogP contribution in [0.3, 0.4) is 0 Å². The molecule has 4 amide bonds. The molecule has 0 bridgehead atoms. The van der Waals surface area contributed by atoms with Crippen molar-refractivity contribution >= 4 is 23.5 Å². The molecule has 8 nitrogen and oxygen atoms in total. The largest absolute Gasteiger partial charge is 0.497 e. The van der Waals surface area contributed by atoms with Crippen LogP contribution in [0.4, 0.5) is 10.5 Å². The highest BCUT2D eigenvalue weighted by atomic mass is 16.5. The van der Waals surface area contributed by atoms with Crippen molar-refractivity contribution in [1.82, 2.24) is 10.2 Å². The minimum Gasteiger partial charge on any atom is -0.497 e. The van der Waals surface area contributed by atoms with Gasteiger partial charge >= 0.3 is 6.03 Å². The summed E-state index contributed by atoms with van der Waals surface area (Å²) in [6.45, 7) is 5.03. The van der Waals surface area contributed by atoms with E-state index in [0.29, 0.717) is 17.2 Å². The van der Waals surface area contributed by atoms with Gasteiger partial charge in [-0.3, -0.25) is 19.4 Å². The highest BCUT2D eigenvalue weighted by Crippen LogP contribution is 2.30. The number of anilines is 1. The Labute approximate surface area is 181 Å². The van der Waals surface area contributed by atoms with Crippen molar-refractivity contribution in [1.29, 1.82) is 0 Å². The monoisotopic (exact) mass is 425 g/mol. The Morgan fingerprint density at radius 1 is 1.10 bits per heavy atom. The summed E-state index contributed by atoms with van der Waals surface area (Å²) in [7, 11) is 3.10. The van der Waals surface area contributed by atoms with Gasteiger partial charge < -0.3 is 14.8 Å². The third-order valence-corrected chi connectivity index (χ3v) is 5.34. The van der Waals surface area contributed by atoms with Gasteiger partial charge in [-0.15, -0.1) is 0 Å². The third kappa shape index (κ3) is 4.47. The Kier molecular flexibility index (Phi) is 6.48. The van der Waals surface area contributed by atoms with E-state index in [2.05, 4.69) is 5.32 Å². The van der Waals surface area contributed by atoms with E-state index >= 15 is 0 Å². The molecular formula is C23H27N3O5. The Hall–Kier alpha value is -3.55. The number of carbonyl (C=O) groups excluding carboxylic acids is 3. The van der Waals surface area contributed by atoms with Crippen molar-refractivity contribution in [3.8, 4) is 11.5 Å². The molecule has 0 aliphatic carbocycles. The predicted octanol–water partition coefficient (Wildman–Crippen LogP) is 3.05. The SMILES string of the molecule is COc1ccc(OC)c([C@@H](C)NC(=O)CN2C(=O)[C@@H](C)N(c3ccc(C)cc3)C2=O)c1. The summed E-state index contributed by atoms with van der Waals surface area (Å²) in [5.74, 6) is 0.370. The molecule has 0 aromatic heterocycles. The van der Waals surface area contributed by atoms with Crippen molar-refractivity contribution in [3.63, 3.8) is 0 Å². The second-order valence-electron chi connectivity index (χ2n) is 7.49. The number of imide groups is 1. The maximum atomic E-state index is 12.9. The van der Waals surface area contributed by atoms with Gasteiger partial charge in [-0.1, -0.05) is 17.7 Å². The molecule has 0 radical (unpaired) electrons. The number of amides is 4. The molecule has 0 saturated carbocycles. The molecule has 164 valence electrons. The molecule has 1 saturated heterocycles. The van der Waals surface area contributed by atoms with Crippen molar-refractivity contribution in [2.24, 2.45) is 0 Å². The van der Waals surface area contributed by atoms with Crippen LogP contribution in [0.2, 0.25) is 0 Å². The minimum absolute atomic E-state index is 0.360. The molecule has 2 aromatic carbocycles. The van der Waals surface area contributed by atoms with Crippen molar-refractivity contribution in [2.75, 3.05) is 25.7 Å². The van der Waals surface area contributed by atoms with Crippen LogP contribution in [0.25, 0.3) is 0 Å². The number of nitrogens with zero attached hydrogens (tertiary/aromatic N) is 2. The minimum atomic E-state index is -0.682. The van der Waals surface area contributed by atoms with E-state index < -0.39 is 29.9 Å². The summed E-state index contributed by atoms with van der Waals surface area (Å²) in [5, 5.41) is 2.83. The average Bonchev–Trinajstić information content (AvgIpc) is 2.97. The van der Waals surface area contributed by atoms with E-state index in [0.717, 1.165) is 16.0 Å². The second-order valence-corrected chi connectivity index (χ2v) is 7.49. The van der Waals surface area contributed by atoms with E-state index in [1.54, 1.807) is 58.4 Å². The summed E-state index contributed by atoms with van der Waals surface area (Å²) < 4.78 is 10.6. The summed E-state index contributed by atoms with van der Waals surface area (Å²) in [6.07, 6.45) is 0. The molecule has 2 atom stereocenters. The van der Waals surface area contributed by atoms with E-state index in [1.807, 2.05) is 19.1 Å². The van der Waals surface area contributed by atoms with Crippen LogP contribution >= 0.6 is 0 Å². The summed E-state index contributed by atoms with van der Waals surface area (Å²) >= 11 is 0. The Morgan fingerprint density at radius 2 is 1.77 bits per heavy atom. The number of ether oxygens (including phenoxy) is 2. The van der Waals surface area contributed by atoms with Crippen molar-refractivity contribution in [3.05, 3.63) is 53.6 Å². The van der Waals surface area contributed by atoms with Gasteiger partial charge in [0.15, 0.2) is 0 Å². The summed E-state index contributed by atoms with van der Waals surface area (Å²) in [6, 6.07) is 11.0. The highest BCUT2D eigenvalue weighted by Gasteiger charge is 2.44. The first kappa shape index (κ1) is 22.1. The van der Waals surface area contributed by atoms with E-state index in [9.17, 15) is 14.4 Å². The maximum absolute atomic E-state index is 12.9. The topological polar surface area (TPSA) is 88.2 Å². The van der Waals surface area contributed by atoms with Crippen LogP contribution in [0.15, 0.2) is 42.5 Å². The summed E-state index contributed by atoms with van der Waals surface area (Å²) in [5.41, 5.74) is 2.39. The van der Waals surface area contributed by atoms with Gasteiger partial charge in [-0.25, -0.2) is 4.79 Å². The molecule has 1 heterocycles. The Balaban J connectivity index is 1.72. The first-order valence-corrected chi connectivity index (χ1v) is 9.99. The van der Waals surface area contributed by atoms with Gasteiger partial charge in [0.25, 0.3) is 5.91 Å². The van der Waals surface area contributed by atoms with Gasteiger partial charge in [-0.2, -0.15) is 0 Å². The molecule has 1 N–H and O–H groups in total. The van der Waals surface area contributed by atoms with Crippen LogP contribution in [0, 0.1) is 6.92 Å². The fourth-order valence-electron chi connectivity index (χ4n) is 3.60. The first-order chi connectivity index (χ1) is 14.8. The lowest BCUT2D eigenvalue weighted by Gasteiger charge is -2.21. The molecule has 0 spiro atoms. The number of hydrogen-bond donors (Lipinski definition) is 1. The van der Waals surface area contributed by atoms with Crippen molar-refractivity contribution < 1.29 is 23.9 Å². The standard InChI is InChI=1S/C23H27N3O5/c1-14-6-8-17(9-7-14)26-16(3)22(28)25(23(26)29)13-21(27)24-15(2)19-12-18(30-4)10-11-20(19)31-5/h6-12,15-16H,13H2,1-5H3,(H,24,27)/t15-,16-/m1/s1. The van der Waals surface area contributed by atoms with Crippen LogP contribution < -0.4 is 19.7 Å². The first-order valence-electron chi connectivity index (χ1n) is 9.99. The zero-order valence-electron chi connectivity index (χ0n) is 18.3. The van der Waals surface area contributed by atoms with Gasteiger partial charge in [0, 0.05) is 11.3 Å². The second kappa shape index (κ2) is 9.07. The van der Waals surface area contributed by atoms with Crippen LogP contribution in [-0.2, 0) is 9.59 Å². The lowest BCUT2D eigenvalue weighted by molar-refractivity contribution is -0.132. The lowest BCUT2D eigenvalue weighted by Crippen LogP contribution is -2.42. The fraction of sp³-hybridized carbons (Fsp3) is 0.348. The Morgan fingerprint density at radius 3 is 2.39 bits per heavy atom. The number of hydrogen-bond acceptors (Lipinski definition) is 5. The molecule has 8 heteroatoms. The van der Waals surface area contributed by atoms with Crippen LogP contribution in [0.1, 0.15) is 31.0 Å². The van der Waals surface area contributed by atoms with E-state index in [-0.39, 0.29) is 6.54 Å². The average molecular weight is 425 g/mol. The number of methoxy groups -OCH3 is 2. The van der Waals surface area contributed by atoms with Gasteiger partial charge in [-0.05, 0) is 51.1 Å². The van der Waals surface area contributed by atoms with Crippen LogP contribution in [-0.4, -0.2) is 49.6 Å². The van der Waals surface area contributed by atoms with E-state index in [1.165, 1.54) is 4.90 Å². The molecule has 0 unspecified atom stereocenters. The fourth-order valence-corrected chi connectivity index (χ4v) is 3.60. The molecule has 3 rings (SSSR count). The zero-order chi connectivity index (χ0) is 22.7. The Bertz CT molecular complexity index is 989. The molecule has 1 fully saturated rings. The number of aryl methyl sites for hydroxylation is 1. The van der Waals surface area contributed by atoms with Crippen LogP contribution in [0.5, 0.6) is 11.5 Å². The van der Waals surface area contributed by atoms with Gasteiger partial charge in [0.2, 0.25) is 5.91 Å². The predicted molar refractivity (Wildman–Crippen MR) is 116 cm³/mol. The molecule has 31 heavy (non-hydrogen) atoms. The lowest BCUT2D eigenvalue weighted by atomic mass is 10.1. The molecule has 1 aliphatic heterocycles. The number of urea groups is 1. The zero-order valence-corrected chi connectivity index (χ0v) is 18.3. The number of rotatable bonds is 7. The van der Waals surface area contributed by atoms with Gasteiger partial charge in [0.05, 0.1) is 20.3 Å². The van der Waals surface area contributed by atoms with Gasteiger partial charge in [0.1, 0.15) is 24.1 Å². The third-order valence-electron chi connectivity index (χ3n) is 5.34. The number of carbonyl (C=O) groups is 3. The highest BCUT2D eigenvalue weighted by molar-refractivity contribution is 6.15. The molecule has 1 aliphatic rings. The van der Waals surface area contributed by atoms with E-state index in [4.69, 9.17) is 9.47 Å². The quantitative estimate of drug-likeness (QED) is 0.689.